The standard InChI is InChI=1S/C31H33BrN6O3/c1-17-10-24(11-17)41-28-9-7-23(15-33-28)37-30(40)25-14-20(4)36(29(39)22-6-8-26(32)18(2)12-22)16-27(25)34-31(37)38-21(5)13-19(3)35-38/h6-9,12-13,15,17,20,24H,10-11,14,16H2,1-5H3/t17-,20-,24+/m1/s1. The van der Waals surface area contributed by atoms with E-state index in [1.165, 1.54) is 0 Å². The van der Waals surface area contributed by atoms with Crippen molar-refractivity contribution in [3.8, 4) is 17.5 Å². The molecule has 41 heavy (non-hydrogen) atoms. The van der Waals surface area contributed by atoms with Crippen LogP contribution in [0.4, 0.5) is 0 Å². The van der Waals surface area contributed by atoms with Crippen molar-refractivity contribution in [3.05, 3.63) is 91.2 Å². The molecule has 4 heterocycles. The highest BCUT2D eigenvalue weighted by molar-refractivity contribution is 9.10. The fourth-order valence-electron chi connectivity index (χ4n) is 5.74. The number of ether oxygens (including phenoxy) is 1. The Morgan fingerprint density at radius 3 is 2.49 bits per heavy atom. The van der Waals surface area contributed by atoms with Crippen LogP contribution >= 0.6 is 15.9 Å². The number of carbonyl (C=O) groups is 1. The van der Waals surface area contributed by atoms with Gasteiger partial charge in [-0.2, -0.15) is 5.10 Å². The third-order valence-electron chi connectivity index (χ3n) is 8.06. The molecule has 1 atom stereocenters. The van der Waals surface area contributed by atoms with Crippen molar-refractivity contribution in [2.45, 2.75) is 72.6 Å². The van der Waals surface area contributed by atoms with Crippen LogP contribution in [0.15, 0.2) is 51.9 Å². The number of hydrogen-bond acceptors (Lipinski definition) is 6. The minimum Gasteiger partial charge on any atom is -0.474 e. The van der Waals surface area contributed by atoms with Gasteiger partial charge in [0.05, 0.1) is 29.8 Å². The highest BCUT2D eigenvalue weighted by Crippen LogP contribution is 2.30. The van der Waals surface area contributed by atoms with Gasteiger partial charge < -0.3 is 9.64 Å². The minimum absolute atomic E-state index is 0.0852. The molecule has 1 aromatic carbocycles. The number of aromatic nitrogens is 5. The lowest BCUT2D eigenvalue weighted by Crippen LogP contribution is -2.46. The third kappa shape index (κ3) is 5.09. The average Bonchev–Trinajstić information content (AvgIpc) is 3.27. The normalized spacial score (nSPS) is 20.0. The molecule has 212 valence electrons. The summed E-state index contributed by atoms with van der Waals surface area (Å²) in [5.41, 5.74) is 4.84. The molecule has 0 bridgehead atoms. The van der Waals surface area contributed by atoms with Crippen LogP contribution in [0, 0.1) is 26.7 Å². The Kier molecular flexibility index (Phi) is 7.05. The lowest BCUT2D eigenvalue weighted by Gasteiger charge is -2.34. The average molecular weight is 618 g/mol. The van der Waals surface area contributed by atoms with E-state index < -0.39 is 0 Å². The van der Waals surface area contributed by atoms with E-state index in [9.17, 15) is 9.59 Å². The molecule has 1 amide bonds. The van der Waals surface area contributed by atoms with Crippen molar-refractivity contribution in [2.75, 3.05) is 0 Å². The Morgan fingerprint density at radius 2 is 1.85 bits per heavy atom. The Bertz CT molecular complexity index is 1700. The zero-order chi connectivity index (χ0) is 29.0. The summed E-state index contributed by atoms with van der Waals surface area (Å²) in [6.45, 7) is 10.2. The number of hydrogen-bond donors (Lipinski definition) is 0. The summed E-state index contributed by atoms with van der Waals surface area (Å²) in [7, 11) is 0. The molecule has 0 radical (unpaired) electrons. The van der Waals surface area contributed by atoms with E-state index in [1.807, 2.05) is 58.0 Å². The van der Waals surface area contributed by atoms with Gasteiger partial charge in [0.1, 0.15) is 6.10 Å². The van der Waals surface area contributed by atoms with E-state index in [4.69, 9.17) is 9.72 Å². The number of carbonyl (C=O) groups excluding carboxylic acids is 1. The first kappa shape index (κ1) is 27.4. The van der Waals surface area contributed by atoms with E-state index >= 15 is 0 Å². The van der Waals surface area contributed by atoms with E-state index in [0.717, 1.165) is 34.3 Å². The molecule has 0 spiro atoms. The summed E-state index contributed by atoms with van der Waals surface area (Å²) in [4.78, 5) is 39.1. The fraction of sp³-hybridized carbons (Fsp3) is 0.387. The third-order valence-corrected chi connectivity index (χ3v) is 8.95. The molecule has 2 aliphatic rings. The van der Waals surface area contributed by atoms with Gasteiger partial charge in [0.2, 0.25) is 11.8 Å². The van der Waals surface area contributed by atoms with E-state index in [1.54, 1.807) is 26.4 Å². The van der Waals surface area contributed by atoms with Crippen molar-refractivity contribution in [2.24, 2.45) is 5.92 Å². The molecule has 1 saturated carbocycles. The predicted molar refractivity (Wildman–Crippen MR) is 159 cm³/mol. The molecular formula is C31H33BrN6O3. The molecule has 9 nitrogen and oxygen atoms in total. The molecule has 3 aromatic heterocycles. The number of aryl methyl sites for hydroxylation is 3. The van der Waals surface area contributed by atoms with Crippen LogP contribution in [0.5, 0.6) is 5.88 Å². The van der Waals surface area contributed by atoms with Crippen LogP contribution in [0.1, 0.15) is 65.3 Å². The molecule has 6 rings (SSSR count). The maximum absolute atomic E-state index is 14.2. The Balaban J connectivity index is 1.41. The summed E-state index contributed by atoms with van der Waals surface area (Å²) in [6, 6.07) is 11.0. The summed E-state index contributed by atoms with van der Waals surface area (Å²) in [5, 5.41) is 4.64. The second-order valence-corrected chi connectivity index (χ2v) is 12.3. The second-order valence-electron chi connectivity index (χ2n) is 11.4. The van der Waals surface area contributed by atoms with E-state index in [2.05, 4.69) is 32.9 Å². The first-order valence-electron chi connectivity index (χ1n) is 14.0. The summed E-state index contributed by atoms with van der Waals surface area (Å²) >= 11 is 3.51. The number of benzene rings is 1. The van der Waals surface area contributed by atoms with Gasteiger partial charge in [-0.15, -0.1) is 0 Å². The summed E-state index contributed by atoms with van der Waals surface area (Å²) in [6.07, 6.45) is 4.29. The predicted octanol–water partition coefficient (Wildman–Crippen LogP) is 5.27. The number of halogens is 1. The first-order valence-corrected chi connectivity index (χ1v) is 14.8. The first-order chi connectivity index (χ1) is 19.6. The second kappa shape index (κ2) is 10.6. The minimum atomic E-state index is -0.181. The molecule has 0 N–H and O–H groups in total. The molecule has 1 fully saturated rings. The van der Waals surface area contributed by atoms with E-state index in [-0.39, 0.29) is 30.2 Å². The molecule has 4 aromatic rings. The van der Waals surface area contributed by atoms with Crippen LogP contribution in [0.25, 0.3) is 11.6 Å². The van der Waals surface area contributed by atoms with Crippen LogP contribution in [-0.2, 0) is 13.0 Å². The molecular weight excluding hydrogens is 584 g/mol. The lowest BCUT2D eigenvalue weighted by atomic mass is 9.84. The van der Waals surface area contributed by atoms with Gasteiger partial charge >= 0.3 is 0 Å². The summed E-state index contributed by atoms with van der Waals surface area (Å²) < 4.78 is 10.2. The van der Waals surface area contributed by atoms with E-state index in [0.29, 0.717) is 46.7 Å². The van der Waals surface area contributed by atoms with Crippen molar-refractivity contribution in [3.63, 3.8) is 0 Å². The van der Waals surface area contributed by atoms with Gasteiger partial charge in [-0.05, 0) is 88.8 Å². The maximum Gasteiger partial charge on any atom is 0.263 e. The van der Waals surface area contributed by atoms with Crippen LogP contribution in [0.3, 0.4) is 0 Å². The number of pyridine rings is 1. The quantitative estimate of drug-likeness (QED) is 0.303. The fourth-order valence-corrected chi connectivity index (χ4v) is 5.98. The van der Waals surface area contributed by atoms with Crippen molar-refractivity contribution < 1.29 is 9.53 Å². The van der Waals surface area contributed by atoms with Gasteiger partial charge in [-0.1, -0.05) is 22.9 Å². The molecule has 10 heteroatoms. The smallest absolute Gasteiger partial charge is 0.263 e. The zero-order valence-corrected chi connectivity index (χ0v) is 25.5. The monoisotopic (exact) mass is 616 g/mol. The zero-order valence-electron chi connectivity index (χ0n) is 23.9. The van der Waals surface area contributed by atoms with Crippen molar-refractivity contribution >= 4 is 21.8 Å². The highest BCUT2D eigenvalue weighted by atomic mass is 79.9. The number of amides is 1. The van der Waals surface area contributed by atoms with Crippen LogP contribution in [-0.4, -0.2) is 47.3 Å². The topological polar surface area (TPSA) is 95.1 Å². The van der Waals surface area contributed by atoms with Crippen molar-refractivity contribution in [1.82, 2.24) is 29.2 Å². The van der Waals surface area contributed by atoms with Crippen LogP contribution in [0.2, 0.25) is 0 Å². The number of nitrogens with zero attached hydrogens (tertiary/aromatic N) is 6. The number of fused-ring (bicyclic) bond motifs is 1. The van der Waals surface area contributed by atoms with Gasteiger partial charge in [0.15, 0.2) is 0 Å². The number of rotatable bonds is 5. The Morgan fingerprint density at radius 1 is 1.07 bits per heavy atom. The highest BCUT2D eigenvalue weighted by Gasteiger charge is 2.33. The van der Waals surface area contributed by atoms with Gasteiger partial charge in [0.25, 0.3) is 11.5 Å². The molecule has 1 aliphatic heterocycles. The molecule has 0 unspecified atom stereocenters. The molecule has 0 saturated heterocycles. The SMILES string of the molecule is Cc1cc(C)n(-c2nc3c(c(=O)n2-c2ccc(O[C@H]4C[C@@H](C)C4)nc2)C[C@@H](C)N(C(=O)c2ccc(Br)c(C)c2)C3)n1. The summed E-state index contributed by atoms with van der Waals surface area (Å²) in [5.74, 6) is 1.50. The Labute approximate surface area is 247 Å². The molecule has 1 aliphatic carbocycles. The van der Waals surface area contributed by atoms with Crippen LogP contribution < -0.4 is 10.3 Å². The van der Waals surface area contributed by atoms with Gasteiger partial charge in [0, 0.05) is 33.4 Å². The van der Waals surface area contributed by atoms with Gasteiger partial charge in [-0.3, -0.25) is 9.59 Å². The van der Waals surface area contributed by atoms with Crippen molar-refractivity contribution in [1.29, 1.82) is 0 Å². The Hall–Kier alpha value is -3.79. The van der Waals surface area contributed by atoms with Gasteiger partial charge in [-0.25, -0.2) is 19.2 Å². The largest absolute Gasteiger partial charge is 0.474 e. The lowest BCUT2D eigenvalue weighted by molar-refractivity contribution is 0.0652. The maximum atomic E-state index is 14.2.